The van der Waals surface area contributed by atoms with Crippen LogP contribution in [-0.4, -0.2) is 5.78 Å². The monoisotopic (exact) mass is 268 g/mol. The molecule has 0 unspecified atom stereocenters. The van der Waals surface area contributed by atoms with Gasteiger partial charge in [-0.05, 0) is 56.7 Å². The molecule has 104 valence electrons. The zero-order valence-electron chi connectivity index (χ0n) is 12.4. The van der Waals surface area contributed by atoms with Crippen LogP contribution in [0, 0.1) is 20.8 Å². The minimum atomic E-state index is 0.162. The van der Waals surface area contributed by atoms with E-state index in [-0.39, 0.29) is 5.78 Å². The number of benzene rings is 1. The van der Waals surface area contributed by atoms with Crippen LogP contribution in [0.3, 0.4) is 0 Å². The van der Waals surface area contributed by atoms with Gasteiger partial charge in [-0.3, -0.25) is 4.79 Å². The molecule has 3 rings (SSSR count). The molecule has 20 heavy (non-hydrogen) atoms. The Labute approximate surface area is 119 Å². The second kappa shape index (κ2) is 4.93. The van der Waals surface area contributed by atoms with Crippen molar-refractivity contribution in [1.82, 2.24) is 0 Å². The molecule has 1 aliphatic rings. The summed E-state index contributed by atoms with van der Waals surface area (Å²) in [6.45, 7) is 5.74. The SMILES string of the molecule is Cc1oc(C)c(C(=O)Cc2ccc3c(c2)CCC3)c1C. The zero-order valence-corrected chi connectivity index (χ0v) is 12.4. The Hall–Kier alpha value is -1.83. The highest BCUT2D eigenvalue weighted by Crippen LogP contribution is 2.25. The molecule has 0 aliphatic heterocycles. The van der Waals surface area contributed by atoms with Crippen LogP contribution in [-0.2, 0) is 19.3 Å². The fourth-order valence-electron chi connectivity index (χ4n) is 3.21. The fourth-order valence-corrected chi connectivity index (χ4v) is 3.21. The molecule has 1 aromatic carbocycles. The Balaban J connectivity index is 1.86. The maximum Gasteiger partial charge on any atom is 0.171 e. The third-order valence-corrected chi connectivity index (χ3v) is 4.37. The van der Waals surface area contributed by atoms with Crippen molar-refractivity contribution >= 4 is 5.78 Å². The minimum Gasteiger partial charge on any atom is -0.466 e. The molecule has 0 N–H and O–H groups in total. The maximum absolute atomic E-state index is 12.5. The lowest BCUT2D eigenvalue weighted by Gasteiger charge is -2.05. The molecular weight excluding hydrogens is 248 g/mol. The first-order valence-electron chi connectivity index (χ1n) is 7.26. The van der Waals surface area contributed by atoms with E-state index >= 15 is 0 Å². The summed E-state index contributed by atoms with van der Waals surface area (Å²) in [5.74, 6) is 1.75. The first-order chi connectivity index (χ1) is 9.56. The summed E-state index contributed by atoms with van der Waals surface area (Å²) >= 11 is 0. The van der Waals surface area contributed by atoms with Gasteiger partial charge in [0.15, 0.2) is 5.78 Å². The quantitative estimate of drug-likeness (QED) is 0.784. The van der Waals surface area contributed by atoms with E-state index < -0.39 is 0 Å². The van der Waals surface area contributed by atoms with Crippen molar-refractivity contribution in [2.24, 2.45) is 0 Å². The highest BCUT2D eigenvalue weighted by atomic mass is 16.3. The van der Waals surface area contributed by atoms with Gasteiger partial charge < -0.3 is 4.42 Å². The topological polar surface area (TPSA) is 30.2 Å². The Morgan fingerprint density at radius 3 is 2.55 bits per heavy atom. The molecule has 1 aliphatic carbocycles. The summed E-state index contributed by atoms with van der Waals surface area (Å²) in [7, 11) is 0. The smallest absolute Gasteiger partial charge is 0.171 e. The van der Waals surface area contributed by atoms with Crippen molar-refractivity contribution in [3.8, 4) is 0 Å². The molecule has 0 fully saturated rings. The van der Waals surface area contributed by atoms with Crippen LogP contribution >= 0.6 is 0 Å². The van der Waals surface area contributed by atoms with E-state index in [2.05, 4.69) is 18.2 Å². The van der Waals surface area contributed by atoms with Gasteiger partial charge in [0.1, 0.15) is 11.5 Å². The molecule has 0 spiro atoms. The van der Waals surface area contributed by atoms with Gasteiger partial charge in [0, 0.05) is 12.0 Å². The Morgan fingerprint density at radius 1 is 1.10 bits per heavy atom. The maximum atomic E-state index is 12.5. The predicted octanol–water partition coefficient (Wildman–Crippen LogP) is 4.12. The normalized spacial score (nSPS) is 13.6. The number of carbonyl (C=O) groups excluding carboxylic acids is 1. The van der Waals surface area contributed by atoms with Gasteiger partial charge in [-0.2, -0.15) is 0 Å². The van der Waals surface area contributed by atoms with Crippen LogP contribution in [0.2, 0.25) is 0 Å². The molecule has 0 atom stereocenters. The largest absolute Gasteiger partial charge is 0.466 e. The van der Waals surface area contributed by atoms with E-state index in [4.69, 9.17) is 4.42 Å². The average Bonchev–Trinajstić information content (AvgIpc) is 2.94. The van der Waals surface area contributed by atoms with Crippen LogP contribution in [0.4, 0.5) is 0 Å². The van der Waals surface area contributed by atoms with Gasteiger partial charge in [-0.25, -0.2) is 0 Å². The first-order valence-corrected chi connectivity index (χ1v) is 7.26. The van der Waals surface area contributed by atoms with Crippen LogP contribution in [0.1, 0.15) is 50.6 Å². The molecule has 2 nitrogen and oxygen atoms in total. The average molecular weight is 268 g/mol. The van der Waals surface area contributed by atoms with Crippen LogP contribution in [0.5, 0.6) is 0 Å². The number of carbonyl (C=O) groups is 1. The van der Waals surface area contributed by atoms with Crippen LogP contribution in [0.15, 0.2) is 22.6 Å². The number of aryl methyl sites for hydroxylation is 4. The van der Waals surface area contributed by atoms with Crippen LogP contribution < -0.4 is 0 Å². The van der Waals surface area contributed by atoms with Gasteiger partial charge >= 0.3 is 0 Å². The summed E-state index contributed by atoms with van der Waals surface area (Å²) in [5, 5.41) is 0. The van der Waals surface area contributed by atoms with Crippen molar-refractivity contribution in [3.05, 3.63) is 57.5 Å². The second-order valence-corrected chi connectivity index (χ2v) is 5.77. The minimum absolute atomic E-state index is 0.162. The summed E-state index contributed by atoms with van der Waals surface area (Å²) in [4.78, 5) is 12.5. The highest BCUT2D eigenvalue weighted by Gasteiger charge is 2.19. The van der Waals surface area contributed by atoms with E-state index in [1.807, 2.05) is 20.8 Å². The van der Waals surface area contributed by atoms with Crippen molar-refractivity contribution in [1.29, 1.82) is 0 Å². The second-order valence-electron chi connectivity index (χ2n) is 5.77. The van der Waals surface area contributed by atoms with Gasteiger partial charge in [-0.15, -0.1) is 0 Å². The lowest BCUT2D eigenvalue weighted by molar-refractivity contribution is 0.0991. The number of hydrogen-bond donors (Lipinski definition) is 0. The Kier molecular flexibility index (Phi) is 3.25. The number of fused-ring (bicyclic) bond motifs is 1. The summed E-state index contributed by atoms with van der Waals surface area (Å²) < 4.78 is 5.56. The molecule has 0 radical (unpaired) electrons. The van der Waals surface area contributed by atoms with E-state index in [0.717, 1.165) is 34.6 Å². The Morgan fingerprint density at radius 2 is 1.85 bits per heavy atom. The highest BCUT2D eigenvalue weighted by molar-refractivity contribution is 5.99. The molecule has 0 saturated heterocycles. The number of furan rings is 1. The summed E-state index contributed by atoms with van der Waals surface area (Å²) in [6, 6.07) is 6.49. The van der Waals surface area contributed by atoms with Gasteiger partial charge in [0.05, 0.1) is 5.56 Å². The third kappa shape index (κ3) is 2.20. The molecular formula is C18H20O2. The number of hydrogen-bond acceptors (Lipinski definition) is 2. The molecule has 1 aromatic heterocycles. The zero-order chi connectivity index (χ0) is 14.3. The molecule has 1 heterocycles. The number of ketones is 1. The van der Waals surface area contributed by atoms with E-state index in [9.17, 15) is 4.79 Å². The fraction of sp³-hybridized carbons (Fsp3) is 0.389. The van der Waals surface area contributed by atoms with E-state index in [1.165, 1.54) is 24.0 Å². The summed E-state index contributed by atoms with van der Waals surface area (Å²) in [5.41, 5.74) is 5.74. The number of rotatable bonds is 3. The first kappa shape index (κ1) is 13.2. The molecule has 2 aromatic rings. The molecule has 2 heteroatoms. The number of Topliss-reactive ketones (excluding diaryl/α,β-unsaturated/α-hetero) is 1. The van der Waals surface area contributed by atoms with E-state index in [1.54, 1.807) is 0 Å². The van der Waals surface area contributed by atoms with Gasteiger partial charge in [0.25, 0.3) is 0 Å². The third-order valence-electron chi connectivity index (χ3n) is 4.37. The Bertz CT molecular complexity index is 677. The van der Waals surface area contributed by atoms with Crippen molar-refractivity contribution in [2.45, 2.75) is 46.5 Å². The molecule has 0 saturated carbocycles. The lowest BCUT2D eigenvalue weighted by atomic mass is 9.97. The van der Waals surface area contributed by atoms with E-state index in [0.29, 0.717) is 6.42 Å². The standard InChI is InChI=1S/C18H20O2/c1-11-12(2)20-13(3)18(11)17(19)10-14-7-8-15-5-4-6-16(15)9-14/h7-9H,4-6,10H2,1-3H3. The molecule has 0 bridgehead atoms. The van der Waals surface area contributed by atoms with Crippen molar-refractivity contribution in [3.63, 3.8) is 0 Å². The lowest BCUT2D eigenvalue weighted by Crippen LogP contribution is -2.06. The van der Waals surface area contributed by atoms with Gasteiger partial charge in [-0.1, -0.05) is 18.2 Å². The predicted molar refractivity (Wildman–Crippen MR) is 79.4 cm³/mol. The van der Waals surface area contributed by atoms with Crippen LogP contribution in [0.25, 0.3) is 0 Å². The summed E-state index contributed by atoms with van der Waals surface area (Å²) in [6.07, 6.45) is 4.04. The van der Waals surface area contributed by atoms with Gasteiger partial charge in [0.2, 0.25) is 0 Å². The van der Waals surface area contributed by atoms with Crippen molar-refractivity contribution < 1.29 is 9.21 Å². The molecule has 0 amide bonds. The van der Waals surface area contributed by atoms with Crippen molar-refractivity contribution in [2.75, 3.05) is 0 Å².